The molecule has 1 aliphatic carbocycles. The number of carbonyl (C=O) groups is 1. The number of benzene rings is 4. The fourth-order valence-electron chi connectivity index (χ4n) is 4.83. The molecule has 1 aliphatic rings. The molecule has 0 saturated carbocycles. The zero-order valence-electron chi connectivity index (χ0n) is 20.2. The molecule has 0 spiro atoms. The Bertz CT molecular complexity index is 1590. The highest BCUT2D eigenvalue weighted by atomic mass is 32.2. The lowest BCUT2D eigenvalue weighted by molar-refractivity contribution is -0.119. The molecule has 1 amide bonds. The lowest BCUT2D eigenvalue weighted by atomic mass is 10.0. The second kappa shape index (κ2) is 9.59. The van der Waals surface area contributed by atoms with Crippen LogP contribution in [0.1, 0.15) is 27.8 Å². The number of hydrogen-bond acceptors (Lipinski definition) is 4. The van der Waals surface area contributed by atoms with E-state index in [1.165, 1.54) is 28.6 Å². The third kappa shape index (κ3) is 4.50. The van der Waals surface area contributed by atoms with E-state index in [0.717, 1.165) is 39.2 Å². The summed E-state index contributed by atoms with van der Waals surface area (Å²) in [6, 6.07) is 24.0. The summed E-state index contributed by atoms with van der Waals surface area (Å²) in [4.78, 5) is 13.0. The minimum atomic E-state index is -3.97. The van der Waals surface area contributed by atoms with Crippen molar-refractivity contribution >= 4 is 38.6 Å². The smallest absolute Gasteiger partial charge is 0.264 e. The molecule has 0 saturated heterocycles. The molecule has 36 heavy (non-hydrogen) atoms. The summed E-state index contributed by atoms with van der Waals surface area (Å²) in [7, 11) is -3.97. The average molecular weight is 498 g/mol. The van der Waals surface area contributed by atoms with Crippen LogP contribution >= 0.6 is 0 Å². The van der Waals surface area contributed by atoms with Gasteiger partial charge in [0.25, 0.3) is 15.9 Å². The zero-order valence-corrected chi connectivity index (χ0v) is 21.0. The fourth-order valence-corrected chi connectivity index (χ4v) is 6.33. The van der Waals surface area contributed by atoms with Gasteiger partial charge in [0.1, 0.15) is 6.54 Å². The highest BCUT2D eigenvalue weighted by Crippen LogP contribution is 2.32. The lowest BCUT2D eigenvalue weighted by Gasteiger charge is -2.25. The van der Waals surface area contributed by atoms with Crippen LogP contribution in [0.15, 0.2) is 88.9 Å². The summed E-state index contributed by atoms with van der Waals surface area (Å²) in [5, 5.41) is 6.53. The van der Waals surface area contributed by atoms with Gasteiger partial charge in [-0.05, 0) is 72.4 Å². The largest absolute Gasteiger partial charge is 0.271 e. The summed E-state index contributed by atoms with van der Waals surface area (Å²) in [6.45, 7) is 3.37. The summed E-state index contributed by atoms with van der Waals surface area (Å²) in [5.74, 6) is -0.531. The third-order valence-corrected chi connectivity index (χ3v) is 8.32. The van der Waals surface area contributed by atoms with Gasteiger partial charge in [-0.25, -0.2) is 13.8 Å². The zero-order chi connectivity index (χ0) is 25.3. The van der Waals surface area contributed by atoms with E-state index in [0.29, 0.717) is 5.69 Å². The van der Waals surface area contributed by atoms with Crippen molar-refractivity contribution < 1.29 is 13.2 Å². The van der Waals surface area contributed by atoms with Gasteiger partial charge in [0.15, 0.2) is 0 Å². The Morgan fingerprint density at radius 2 is 1.69 bits per heavy atom. The molecule has 5 rings (SSSR count). The van der Waals surface area contributed by atoms with Gasteiger partial charge in [0, 0.05) is 5.56 Å². The number of sulfonamides is 1. The standard InChI is InChI=1S/C29H27N3O3S/c1-20-11-16-27(21(2)17-20)32(36(34,35)25-8-4-3-5-9-25)19-28(33)31-30-18-24-15-14-23-13-12-22-7-6-10-26(24)29(22)23/h3-11,14-18H,12-13,19H2,1-2H3,(H,31,33)/b30-18+. The van der Waals surface area contributed by atoms with Gasteiger partial charge in [0.2, 0.25) is 0 Å². The molecule has 0 aliphatic heterocycles. The average Bonchev–Trinajstić information content (AvgIpc) is 3.29. The number of hydrogen-bond donors (Lipinski definition) is 1. The van der Waals surface area contributed by atoms with E-state index in [9.17, 15) is 13.2 Å². The molecule has 0 unspecified atom stereocenters. The molecule has 4 aromatic rings. The molecular formula is C29H27N3O3S. The molecule has 4 aromatic carbocycles. The Labute approximate surface area is 211 Å². The van der Waals surface area contributed by atoms with Gasteiger partial charge >= 0.3 is 0 Å². The van der Waals surface area contributed by atoms with Crippen molar-refractivity contribution in [2.45, 2.75) is 31.6 Å². The van der Waals surface area contributed by atoms with Crippen LogP contribution in [-0.2, 0) is 27.7 Å². The molecule has 7 heteroatoms. The first kappa shape index (κ1) is 23.8. The van der Waals surface area contributed by atoms with Crippen LogP contribution in [-0.4, -0.2) is 27.1 Å². The number of hydrazone groups is 1. The summed E-state index contributed by atoms with van der Waals surface area (Å²) in [6.07, 6.45) is 3.69. The molecule has 0 fully saturated rings. The fraction of sp³-hybridized carbons (Fsp3) is 0.172. The quantitative estimate of drug-likeness (QED) is 0.291. The van der Waals surface area contributed by atoms with Crippen molar-refractivity contribution in [1.29, 1.82) is 0 Å². The van der Waals surface area contributed by atoms with Crippen molar-refractivity contribution in [2.24, 2.45) is 5.10 Å². The first-order chi connectivity index (χ1) is 17.3. The molecule has 0 heterocycles. The van der Waals surface area contributed by atoms with Gasteiger partial charge in [-0.3, -0.25) is 9.10 Å². The van der Waals surface area contributed by atoms with E-state index in [-0.39, 0.29) is 4.90 Å². The Morgan fingerprint density at radius 3 is 2.44 bits per heavy atom. The number of anilines is 1. The highest BCUT2D eigenvalue weighted by molar-refractivity contribution is 7.92. The SMILES string of the molecule is Cc1ccc(N(CC(=O)N/N=C/c2ccc3c4c(cccc24)CC3)S(=O)(=O)c2ccccc2)c(C)c1. The maximum Gasteiger partial charge on any atom is 0.264 e. The predicted molar refractivity (Wildman–Crippen MR) is 144 cm³/mol. The Kier molecular flexibility index (Phi) is 6.33. The van der Waals surface area contributed by atoms with Crippen LogP contribution in [0.5, 0.6) is 0 Å². The van der Waals surface area contributed by atoms with Gasteiger partial charge in [-0.2, -0.15) is 5.10 Å². The first-order valence-electron chi connectivity index (χ1n) is 11.8. The molecule has 1 N–H and O–H groups in total. The molecule has 0 aromatic heterocycles. The summed E-state index contributed by atoms with van der Waals surface area (Å²) in [5.41, 5.74) is 8.31. The molecular weight excluding hydrogens is 470 g/mol. The number of rotatable bonds is 7. The topological polar surface area (TPSA) is 78.8 Å². The van der Waals surface area contributed by atoms with E-state index in [4.69, 9.17) is 0 Å². The third-order valence-electron chi connectivity index (χ3n) is 6.54. The van der Waals surface area contributed by atoms with Crippen LogP contribution in [0.25, 0.3) is 10.8 Å². The number of amides is 1. The Morgan fingerprint density at radius 1 is 0.944 bits per heavy atom. The van der Waals surface area contributed by atoms with Crippen LogP contribution in [0.4, 0.5) is 5.69 Å². The molecule has 182 valence electrons. The number of nitrogens with one attached hydrogen (secondary N) is 1. The van der Waals surface area contributed by atoms with E-state index in [2.05, 4.69) is 28.7 Å². The normalized spacial score (nSPS) is 12.8. The molecule has 0 radical (unpaired) electrons. The van der Waals surface area contributed by atoms with Gasteiger partial charge in [-0.1, -0.05) is 66.2 Å². The summed E-state index contributed by atoms with van der Waals surface area (Å²) >= 11 is 0. The predicted octanol–water partition coefficient (Wildman–Crippen LogP) is 4.90. The van der Waals surface area contributed by atoms with Crippen molar-refractivity contribution in [3.05, 3.63) is 107 Å². The van der Waals surface area contributed by atoms with Crippen molar-refractivity contribution in [1.82, 2.24) is 5.43 Å². The van der Waals surface area contributed by atoms with E-state index in [1.807, 2.05) is 38.1 Å². The Balaban J connectivity index is 1.41. The lowest BCUT2D eigenvalue weighted by Crippen LogP contribution is -2.40. The summed E-state index contributed by atoms with van der Waals surface area (Å²) < 4.78 is 28.2. The van der Waals surface area contributed by atoms with Crippen molar-refractivity contribution in [3.8, 4) is 0 Å². The Hall–Kier alpha value is -3.97. The number of nitrogens with zero attached hydrogens (tertiary/aromatic N) is 2. The van der Waals surface area contributed by atoms with Crippen molar-refractivity contribution in [3.63, 3.8) is 0 Å². The minimum absolute atomic E-state index is 0.120. The van der Waals surface area contributed by atoms with Crippen LogP contribution < -0.4 is 9.73 Å². The highest BCUT2D eigenvalue weighted by Gasteiger charge is 2.28. The molecule has 0 bridgehead atoms. The van der Waals surface area contributed by atoms with E-state index in [1.54, 1.807) is 30.5 Å². The maximum absolute atomic E-state index is 13.5. The van der Waals surface area contributed by atoms with Gasteiger partial charge in [0.05, 0.1) is 16.8 Å². The molecule has 6 nitrogen and oxygen atoms in total. The number of aryl methyl sites for hydroxylation is 4. The van der Waals surface area contributed by atoms with Crippen molar-refractivity contribution in [2.75, 3.05) is 10.8 Å². The monoisotopic (exact) mass is 497 g/mol. The second-order valence-electron chi connectivity index (χ2n) is 9.06. The molecule has 0 atom stereocenters. The minimum Gasteiger partial charge on any atom is -0.271 e. The van der Waals surface area contributed by atoms with Crippen LogP contribution in [0, 0.1) is 13.8 Å². The van der Waals surface area contributed by atoms with Gasteiger partial charge < -0.3 is 0 Å². The number of carbonyl (C=O) groups excluding carboxylic acids is 1. The first-order valence-corrected chi connectivity index (χ1v) is 13.3. The van der Waals surface area contributed by atoms with Crippen LogP contribution in [0.2, 0.25) is 0 Å². The van der Waals surface area contributed by atoms with E-state index < -0.39 is 22.5 Å². The van der Waals surface area contributed by atoms with Crippen LogP contribution in [0.3, 0.4) is 0 Å². The van der Waals surface area contributed by atoms with Gasteiger partial charge in [-0.15, -0.1) is 0 Å². The van der Waals surface area contributed by atoms with E-state index >= 15 is 0 Å². The second-order valence-corrected chi connectivity index (χ2v) is 10.9. The maximum atomic E-state index is 13.5.